The standard InChI is InChI=1S/C23H24N2O4/c1-23(2)11-17-22(19(27)12-23)16(14-6-7-18(26)20(9-14)29-3)10-21(28)25(17)15-5-4-8-24-13-15/h4-9,13,16,26H,10-12H2,1-3H3. The molecule has 0 bridgehead atoms. The number of phenols is 1. The van der Waals surface area contributed by atoms with Crippen LogP contribution in [-0.4, -0.2) is 28.9 Å². The third-order valence-corrected chi connectivity index (χ3v) is 5.65. The number of phenolic OH excluding ortho intramolecular Hbond substituents is 1. The summed E-state index contributed by atoms with van der Waals surface area (Å²) in [6.45, 7) is 4.10. The van der Waals surface area contributed by atoms with Gasteiger partial charge in [-0.2, -0.15) is 0 Å². The van der Waals surface area contributed by atoms with Gasteiger partial charge in [0.05, 0.1) is 19.0 Å². The van der Waals surface area contributed by atoms with Crippen molar-refractivity contribution in [1.29, 1.82) is 0 Å². The molecule has 6 heteroatoms. The summed E-state index contributed by atoms with van der Waals surface area (Å²) in [7, 11) is 1.48. The molecule has 1 atom stereocenters. The van der Waals surface area contributed by atoms with E-state index in [1.165, 1.54) is 7.11 Å². The van der Waals surface area contributed by atoms with Crippen LogP contribution in [0.4, 0.5) is 5.69 Å². The molecule has 2 aromatic rings. The molecule has 1 aromatic heterocycles. The van der Waals surface area contributed by atoms with Gasteiger partial charge in [0.2, 0.25) is 5.91 Å². The van der Waals surface area contributed by atoms with Gasteiger partial charge in [0.1, 0.15) is 0 Å². The van der Waals surface area contributed by atoms with Crippen LogP contribution in [0.25, 0.3) is 0 Å². The van der Waals surface area contributed by atoms with E-state index in [1.54, 1.807) is 41.6 Å². The van der Waals surface area contributed by atoms with Gasteiger partial charge in [-0.05, 0) is 41.7 Å². The minimum absolute atomic E-state index is 0.0284. The van der Waals surface area contributed by atoms with Crippen LogP contribution in [0.1, 0.15) is 44.6 Å². The second-order valence-electron chi connectivity index (χ2n) is 8.43. The molecule has 2 aliphatic rings. The lowest BCUT2D eigenvalue weighted by Gasteiger charge is -2.42. The molecular formula is C23H24N2O4. The molecule has 1 unspecified atom stereocenters. The van der Waals surface area contributed by atoms with Crippen LogP contribution >= 0.6 is 0 Å². The van der Waals surface area contributed by atoms with E-state index in [1.807, 2.05) is 19.9 Å². The third kappa shape index (κ3) is 3.39. The summed E-state index contributed by atoms with van der Waals surface area (Å²) in [4.78, 5) is 32.3. The smallest absolute Gasteiger partial charge is 0.232 e. The van der Waals surface area contributed by atoms with E-state index in [4.69, 9.17) is 4.74 Å². The summed E-state index contributed by atoms with van der Waals surface area (Å²) in [5.41, 5.74) is 2.68. The van der Waals surface area contributed by atoms with Crippen LogP contribution in [-0.2, 0) is 9.59 Å². The zero-order valence-corrected chi connectivity index (χ0v) is 16.8. The van der Waals surface area contributed by atoms with Crippen molar-refractivity contribution in [2.45, 2.75) is 39.0 Å². The molecule has 1 aliphatic carbocycles. The molecule has 0 saturated heterocycles. The lowest BCUT2D eigenvalue weighted by molar-refractivity contribution is -0.121. The number of allylic oxidation sites excluding steroid dienone is 2. The molecular weight excluding hydrogens is 368 g/mol. The maximum Gasteiger partial charge on any atom is 0.232 e. The number of nitrogens with zero attached hydrogens (tertiary/aromatic N) is 2. The Bertz CT molecular complexity index is 1010. The number of Topliss-reactive ketones (excluding diaryl/α,β-unsaturated/α-hetero) is 1. The molecule has 1 amide bonds. The Morgan fingerprint density at radius 1 is 1.21 bits per heavy atom. The Balaban J connectivity index is 1.89. The predicted molar refractivity (Wildman–Crippen MR) is 109 cm³/mol. The number of carbonyl (C=O) groups excluding carboxylic acids is 2. The second-order valence-corrected chi connectivity index (χ2v) is 8.43. The molecule has 150 valence electrons. The highest BCUT2D eigenvalue weighted by atomic mass is 16.5. The minimum atomic E-state index is -0.358. The lowest BCUT2D eigenvalue weighted by Crippen LogP contribution is -2.43. The number of ketones is 1. The number of pyridine rings is 1. The highest BCUT2D eigenvalue weighted by molar-refractivity contribution is 6.07. The van der Waals surface area contributed by atoms with Crippen molar-refractivity contribution in [1.82, 2.24) is 4.98 Å². The van der Waals surface area contributed by atoms with Gasteiger partial charge >= 0.3 is 0 Å². The van der Waals surface area contributed by atoms with Gasteiger partial charge in [-0.25, -0.2) is 0 Å². The fraction of sp³-hybridized carbons (Fsp3) is 0.348. The Labute approximate surface area is 169 Å². The summed E-state index contributed by atoms with van der Waals surface area (Å²) in [6, 6.07) is 8.64. The second kappa shape index (κ2) is 7.03. The number of rotatable bonds is 3. The molecule has 1 N–H and O–H groups in total. The topological polar surface area (TPSA) is 79.7 Å². The Morgan fingerprint density at radius 3 is 2.69 bits per heavy atom. The first-order valence-corrected chi connectivity index (χ1v) is 9.67. The average Bonchev–Trinajstić information content (AvgIpc) is 2.67. The molecule has 0 fully saturated rings. The number of ether oxygens (including phenoxy) is 1. The van der Waals surface area contributed by atoms with Crippen molar-refractivity contribution in [2.75, 3.05) is 12.0 Å². The fourth-order valence-electron chi connectivity index (χ4n) is 4.40. The predicted octanol–water partition coefficient (Wildman–Crippen LogP) is 3.96. The molecule has 4 rings (SSSR count). The summed E-state index contributed by atoms with van der Waals surface area (Å²) >= 11 is 0. The molecule has 2 heterocycles. The highest BCUT2D eigenvalue weighted by Gasteiger charge is 2.44. The number of methoxy groups -OCH3 is 1. The zero-order chi connectivity index (χ0) is 20.8. The normalized spacial score (nSPS) is 21.2. The van der Waals surface area contributed by atoms with E-state index >= 15 is 0 Å². The van der Waals surface area contributed by atoms with Crippen molar-refractivity contribution in [3.8, 4) is 11.5 Å². The Hall–Kier alpha value is -3.15. The minimum Gasteiger partial charge on any atom is -0.504 e. The molecule has 6 nitrogen and oxygen atoms in total. The number of benzene rings is 1. The molecule has 0 radical (unpaired) electrons. The van der Waals surface area contributed by atoms with Crippen LogP contribution in [0.3, 0.4) is 0 Å². The van der Waals surface area contributed by atoms with Gasteiger partial charge in [0, 0.05) is 36.2 Å². The van der Waals surface area contributed by atoms with Crippen molar-refractivity contribution < 1.29 is 19.4 Å². The van der Waals surface area contributed by atoms with Crippen LogP contribution in [0.5, 0.6) is 11.5 Å². The molecule has 0 spiro atoms. The number of anilines is 1. The van der Waals surface area contributed by atoms with Crippen LogP contribution in [0.15, 0.2) is 54.0 Å². The molecule has 1 aliphatic heterocycles. The molecule has 29 heavy (non-hydrogen) atoms. The Morgan fingerprint density at radius 2 is 2.00 bits per heavy atom. The number of hydrogen-bond acceptors (Lipinski definition) is 5. The van der Waals surface area contributed by atoms with Crippen molar-refractivity contribution in [2.24, 2.45) is 5.41 Å². The van der Waals surface area contributed by atoms with E-state index in [0.717, 1.165) is 11.3 Å². The summed E-state index contributed by atoms with van der Waals surface area (Å²) in [6.07, 6.45) is 4.55. The average molecular weight is 392 g/mol. The maximum atomic E-state index is 13.2. The van der Waals surface area contributed by atoms with Crippen LogP contribution in [0.2, 0.25) is 0 Å². The highest BCUT2D eigenvalue weighted by Crippen LogP contribution is 2.48. The van der Waals surface area contributed by atoms with E-state index in [2.05, 4.69) is 4.98 Å². The SMILES string of the molecule is COc1cc(C2CC(=O)N(c3cccnc3)C3=C2C(=O)CC(C)(C)C3)ccc1O. The first-order chi connectivity index (χ1) is 13.8. The van der Waals surface area contributed by atoms with Gasteiger partial charge in [-0.15, -0.1) is 0 Å². The number of aromatic nitrogens is 1. The third-order valence-electron chi connectivity index (χ3n) is 5.65. The number of carbonyl (C=O) groups is 2. The van der Waals surface area contributed by atoms with Gasteiger partial charge in [0.25, 0.3) is 0 Å². The maximum absolute atomic E-state index is 13.2. The first kappa shape index (κ1) is 19.2. The Kier molecular flexibility index (Phi) is 4.65. The van der Waals surface area contributed by atoms with Gasteiger partial charge < -0.3 is 9.84 Å². The van der Waals surface area contributed by atoms with Gasteiger partial charge in [-0.1, -0.05) is 19.9 Å². The van der Waals surface area contributed by atoms with Gasteiger partial charge in [0.15, 0.2) is 17.3 Å². The molecule has 1 aromatic carbocycles. The van der Waals surface area contributed by atoms with E-state index in [-0.39, 0.29) is 35.2 Å². The van der Waals surface area contributed by atoms with Crippen molar-refractivity contribution in [3.63, 3.8) is 0 Å². The summed E-state index contributed by atoms with van der Waals surface area (Å²) < 4.78 is 5.24. The summed E-state index contributed by atoms with van der Waals surface area (Å²) in [5.74, 6) is -0.00597. The number of aromatic hydroxyl groups is 1. The summed E-state index contributed by atoms with van der Waals surface area (Å²) in [5, 5.41) is 9.94. The van der Waals surface area contributed by atoms with E-state index in [9.17, 15) is 14.7 Å². The first-order valence-electron chi connectivity index (χ1n) is 9.67. The lowest BCUT2D eigenvalue weighted by atomic mass is 9.69. The van der Waals surface area contributed by atoms with Crippen molar-refractivity contribution in [3.05, 3.63) is 59.6 Å². The zero-order valence-electron chi connectivity index (χ0n) is 16.8. The molecule has 0 saturated carbocycles. The fourth-order valence-corrected chi connectivity index (χ4v) is 4.40. The quantitative estimate of drug-likeness (QED) is 0.855. The monoisotopic (exact) mass is 392 g/mol. The van der Waals surface area contributed by atoms with Gasteiger partial charge in [-0.3, -0.25) is 19.5 Å². The van der Waals surface area contributed by atoms with E-state index in [0.29, 0.717) is 29.9 Å². The largest absolute Gasteiger partial charge is 0.504 e. The van der Waals surface area contributed by atoms with Crippen LogP contribution in [0, 0.1) is 5.41 Å². The van der Waals surface area contributed by atoms with Crippen molar-refractivity contribution >= 4 is 17.4 Å². The number of hydrogen-bond donors (Lipinski definition) is 1. The van der Waals surface area contributed by atoms with Crippen LogP contribution < -0.4 is 9.64 Å². The van der Waals surface area contributed by atoms with E-state index < -0.39 is 0 Å². The number of amides is 1.